The maximum absolute atomic E-state index is 12.7. The second-order valence-electron chi connectivity index (χ2n) is 5.17. The highest BCUT2D eigenvalue weighted by Gasteiger charge is 2.33. The van der Waals surface area contributed by atoms with Gasteiger partial charge in [-0.15, -0.1) is 0 Å². The Kier molecular flexibility index (Phi) is 4.46. The first-order valence-corrected chi connectivity index (χ1v) is 8.28. The fourth-order valence-corrected chi connectivity index (χ4v) is 3.66. The number of thiocarbonyl (C=S) groups is 1. The largest absolute Gasteiger partial charge is 0.276 e. The highest BCUT2D eigenvalue weighted by atomic mass is 32.2. The molecule has 0 radical (unpaired) electrons. The number of hydrogen-bond acceptors (Lipinski definition) is 5. The molecule has 5 nitrogen and oxygen atoms in total. The predicted octanol–water partition coefficient (Wildman–Crippen LogP) is 4.31. The number of benzene rings is 2. The lowest BCUT2D eigenvalue weighted by molar-refractivity contribution is -0.385. The molecule has 1 aliphatic rings. The number of nitrogens with zero attached hydrogens (tertiary/aromatic N) is 2. The Morgan fingerprint density at radius 2 is 1.96 bits per heavy atom. The molecule has 1 fully saturated rings. The molecular weight excluding hydrogens is 344 g/mol. The van der Waals surface area contributed by atoms with Crippen molar-refractivity contribution in [2.45, 2.75) is 6.92 Å². The minimum Gasteiger partial charge on any atom is -0.268 e. The molecule has 24 heavy (non-hydrogen) atoms. The number of anilines is 1. The number of aryl methyl sites for hydroxylation is 1. The van der Waals surface area contributed by atoms with Gasteiger partial charge in [-0.05, 0) is 36.8 Å². The van der Waals surface area contributed by atoms with Crippen LogP contribution in [0.4, 0.5) is 11.4 Å². The molecule has 1 heterocycles. The summed E-state index contributed by atoms with van der Waals surface area (Å²) in [7, 11) is 0. The molecule has 1 amide bonds. The normalized spacial score (nSPS) is 16.0. The van der Waals surface area contributed by atoms with E-state index in [9.17, 15) is 14.9 Å². The molecule has 0 aromatic heterocycles. The van der Waals surface area contributed by atoms with Crippen molar-refractivity contribution in [2.75, 3.05) is 4.90 Å². The van der Waals surface area contributed by atoms with Crippen LogP contribution in [0.25, 0.3) is 6.08 Å². The van der Waals surface area contributed by atoms with E-state index in [0.29, 0.717) is 20.5 Å². The molecule has 0 bridgehead atoms. The maximum atomic E-state index is 12.7. The van der Waals surface area contributed by atoms with Crippen molar-refractivity contribution < 1.29 is 9.72 Å². The molecule has 3 rings (SSSR count). The van der Waals surface area contributed by atoms with Crippen molar-refractivity contribution >= 4 is 51.7 Å². The molecule has 0 spiro atoms. The van der Waals surface area contributed by atoms with Crippen molar-refractivity contribution in [3.8, 4) is 0 Å². The summed E-state index contributed by atoms with van der Waals surface area (Å²) in [6.07, 6.45) is 1.52. The molecule has 0 atom stereocenters. The van der Waals surface area contributed by atoms with E-state index < -0.39 is 4.92 Å². The van der Waals surface area contributed by atoms with Crippen molar-refractivity contribution in [2.24, 2.45) is 0 Å². The molecule has 0 aliphatic carbocycles. The number of nitro groups is 1. The Balaban J connectivity index is 1.99. The van der Waals surface area contributed by atoms with Gasteiger partial charge in [0.15, 0.2) is 4.32 Å². The van der Waals surface area contributed by atoms with E-state index in [1.54, 1.807) is 18.2 Å². The van der Waals surface area contributed by atoms with Crippen LogP contribution in [0.3, 0.4) is 0 Å². The summed E-state index contributed by atoms with van der Waals surface area (Å²) in [6.45, 7) is 1.93. The highest BCUT2D eigenvalue weighted by Crippen LogP contribution is 2.37. The third-order valence-corrected chi connectivity index (χ3v) is 4.78. The van der Waals surface area contributed by atoms with Crippen LogP contribution in [0.2, 0.25) is 0 Å². The summed E-state index contributed by atoms with van der Waals surface area (Å²) in [5.41, 5.74) is 2.05. The molecule has 2 aromatic rings. The topological polar surface area (TPSA) is 63.5 Å². The van der Waals surface area contributed by atoms with Crippen LogP contribution in [-0.2, 0) is 4.79 Å². The molecule has 7 heteroatoms. The van der Waals surface area contributed by atoms with Gasteiger partial charge in [0.2, 0.25) is 0 Å². The Hall–Kier alpha value is -2.51. The van der Waals surface area contributed by atoms with Crippen molar-refractivity contribution in [1.29, 1.82) is 0 Å². The van der Waals surface area contributed by atoms with E-state index in [-0.39, 0.29) is 11.6 Å². The lowest BCUT2D eigenvalue weighted by atomic mass is 10.1. The highest BCUT2D eigenvalue weighted by molar-refractivity contribution is 8.27. The van der Waals surface area contributed by atoms with E-state index in [4.69, 9.17) is 12.2 Å². The summed E-state index contributed by atoms with van der Waals surface area (Å²) in [5, 5.41) is 11.1. The van der Waals surface area contributed by atoms with Gasteiger partial charge in [-0.3, -0.25) is 19.8 Å². The molecule has 0 saturated carbocycles. The lowest BCUT2D eigenvalue weighted by Gasteiger charge is -2.14. The maximum Gasteiger partial charge on any atom is 0.276 e. The number of para-hydroxylation sites is 1. The number of rotatable bonds is 3. The van der Waals surface area contributed by atoms with Gasteiger partial charge < -0.3 is 0 Å². The fraction of sp³-hybridized carbons (Fsp3) is 0.0588. The van der Waals surface area contributed by atoms with Gasteiger partial charge in [0.1, 0.15) is 0 Å². The first kappa shape index (κ1) is 16.4. The molecule has 0 unspecified atom stereocenters. The first-order valence-electron chi connectivity index (χ1n) is 7.05. The minimum absolute atomic E-state index is 0.0432. The van der Waals surface area contributed by atoms with Crippen LogP contribution in [0.1, 0.15) is 11.1 Å². The van der Waals surface area contributed by atoms with Crippen molar-refractivity contribution in [3.05, 3.63) is 74.7 Å². The van der Waals surface area contributed by atoms with Crippen LogP contribution in [-0.4, -0.2) is 15.2 Å². The lowest BCUT2D eigenvalue weighted by Crippen LogP contribution is -2.27. The molecular formula is C17H12N2O3S2. The Morgan fingerprint density at radius 3 is 2.67 bits per heavy atom. The Morgan fingerprint density at radius 1 is 1.21 bits per heavy atom. The number of thioether (sulfide) groups is 1. The number of carbonyl (C=O) groups excluding carboxylic acids is 1. The van der Waals surface area contributed by atoms with Gasteiger partial charge in [0.25, 0.3) is 11.6 Å². The van der Waals surface area contributed by atoms with Crippen LogP contribution >= 0.6 is 24.0 Å². The SMILES string of the molecule is Cc1cccc(N2C(=O)C(=Cc3ccccc3[N+](=O)[O-])SC2=S)c1. The van der Waals surface area contributed by atoms with Crippen molar-refractivity contribution in [1.82, 2.24) is 0 Å². The average molecular weight is 356 g/mol. The monoisotopic (exact) mass is 356 g/mol. The third-order valence-electron chi connectivity index (χ3n) is 3.47. The fourth-order valence-electron chi connectivity index (χ4n) is 2.37. The molecule has 2 aromatic carbocycles. The van der Waals surface area contributed by atoms with E-state index >= 15 is 0 Å². The number of nitro benzene ring substituents is 1. The second-order valence-corrected chi connectivity index (χ2v) is 6.85. The number of amides is 1. The van der Waals surface area contributed by atoms with Crippen LogP contribution in [0.5, 0.6) is 0 Å². The number of carbonyl (C=O) groups is 1. The van der Waals surface area contributed by atoms with Crippen LogP contribution in [0, 0.1) is 17.0 Å². The predicted molar refractivity (Wildman–Crippen MR) is 99.9 cm³/mol. The van der Waals surface area contributed by atoms with Gasteiger partial charge in [0, 0.05) is 6.07 Å². The second kappa shape index (κ2) is 6.54. The quantitative estimate of drug-likeness (QED) is 0.355. The van der Waals surface area contributed by atoms with E-state index in [1.165, 1.54) is 17.0 Å². The van der Waals surface area contributed by atoms with Gasteiger partial charge in [-0.1, -0.05) is 48.2 Å². The van der Waals surface area contributed by atoms with Gasteiger partial charge in [0.05, 0.1) is 21.1 Å². The molecule has 120 valence electrons. The molecule has 1 aliphatic heterocycles. The summed E-state index contributed by atoms with van der Waals surface area (Å²) < 4.78 is 0.412. The average Bonchev–Trinajstić information content (AvgIpc) is 2.81. The minimum atomic E-state index is -0.465. The van der Waals surface area contributed by atoms with Crippen LogP contribution in [0.15, 0.2) is 53.4 Å². The van der Waals surface area contributed by atoms with E-state index in [1.807, 2.05) is 31.2 Å². The van der Waals surface area contributed by atoms with Gasteiger partial charge in [-0.25, -0.2) is 0 Å². The van der Waals surface area contributed by atoms with Crippen molar-refractivity contribution in [3.63, 3.8) is 0 Å². The van der Waals surface area contributed by atoms with E-state index in [0.717, 1.165) is 17.3 Å². The zero-order valence-electron chi connectivity index (χ0n) is 12.6. The molecule has 1 saturated heterocycles. The van der Waals surface area contributed by atoms with E-state index in [2.05, 4.69) is 0 Å². The Labute approximate surface area is 148 Å². The van der Waals surface area contributed by atoms with Gasteiger partial charge in [-0.2, -0.15) is 0 Å². The summed E-state index contributed by atoms with van der Waals surface area (Å²) in [5.74, 6) is -0.270. The summed E-state index contributed by atoms with van der Waals surface area (Å²) in [4.78, 5) is 25.2. The zero-order valence-corrected chi connectivity index (χ0v) is 14.3. The Bertz CT molecular complexity index is 893. The summed E-state index contributed by atoms with van der Waals surface area (Å²) >= 11 is 6.46. The number of hydrogen-bond donors (Lipinski definition) is 0. The van der Waals surface area contributed by atoms with Crippen LogP contribution < -0.4 is 4.90 Å². The molecule has 0 N–H and O–H groups in total. The smallest absolute Gasteiger partial charge is 0.268 e. The first-order chi connectivity index (χ1) is 11.5. The van der Waals surface area contributed by atoms with Gasteiger partial charge >= 0.3 is 0 Å². The zero-order chi connectivity index (χ0) is 17.3. The third kappa shape index (κ3) is 3.08. The standard InChI is InChI=1S/C17H12N2O3S2/c1-11-5-4-7-13(9-11)18-16(20)15(24-17(18)23)10-12-6-2-3-8-14(12)19(21)22/h2-10H,1H3. The summed E-state index contributed by atoms with van der Waals surface area (Å²) in [6, 6.07) is 13.8.